The van der Waals surface area contributed by atoms with E-state index < -0.39 is 96.9 Å². The molecular weight excluding hydrogens is 756 g/mol. The van der Waals surface area contributed by atoms with Gasteiger partial charge in [0, 0.05) is 37.7 Å². The number of aliphatic hydroxyl groups excluding tert-OH is 4. The summed E-state index contributed by atoms with van der Waals surface area (Å²) in [5.41, 5.74) is -0.916. The first-order chi connectivity index (χ1) is 27.4. The first-order valence-corrected chi connectivity index (χ1v) is 21.8. The van der Waals surface area contributed by atoms with E-state index in [-0.39, 0.29) is 61.1 Å². The zero-order valence-electron chi connectivity index (χ0n) is 34.8. The number of rotatable bonds is 8. The summed E-state index contributed by atoms with van der Waals surface area (Å²) in [5.74, 6) is -0.339. The van der Waals surface area contributed by atoms with Gasteiger partial charge in [0.05, 0.1) is 54.4 Å². The highest BCUT2D eigenvalue weighted by Gasteiger charge is 2.71. The van der Waals surface area contributed by atoms with Crippen molar-refractivity contribution in [2.24, 2.45) is 34.5 Å². The van der Waals surface area contributed by atoms with E-state index in [4.69, 9.17) is 37.9 Å². The van der Waals surface area contributed by atoms with Crippen LogP contribution >= 0.6 is 0 Å². The summed E-state index contributed by atoms with van der Waals surface area (Å²) in [5, 5.41) is 57.5. The van der Waals surface area contributed by atoms with E-state index in [9.17, 15) is 35.1 Å². The van der Waals surface area contributed by atoms with Crippen molar-refractivity contribution in [3.05, 3.63) is 11.6 Å². The third-order valence-electron chi connectivity index (χ3n) is 16.2. The molecule has 8 aliphatic rings. The molecule has 0 spiro atoms. The number of cyclic esters (lactones) is 1. The normalized spacial score (nSPS) is 53.2. The van der Waals surface area contributed by atoms with Crippen LogP contribution in [0.5, 0.6) is 0 Å². The standard InChI is InChI=1S/C43H66O15/c1-20-38(55-23(4)44)30(45)17-36(53-20)57-40-22(3)54-37(18-32(40)47)58-39-21(2)52-35(16-31(39)46)56-26-9-11-41(5)25(14-26)7-8-28-29(41)15-33(48)42(6)27(10-12-43(28,42)50)24-13-34(49)51-19-24/h13,20-22,25-33,35-40,45-48,50H,7-12,14-19H2,1-6H3/t20-,21-,22-,25-,26+,27-,28-,29+,30+,31+,32+,33-,35+,36-,37+,38-,39-,40-,41+,42+,43+/m1/s1. The van der Waals surface area contributed by atoms with E-state index in [0.717, 1.165) is 44.1 Å². The Morgan fingerprint density at radius 2 is 1.29 bits per heavy atom. The van der Waals surface area contributed by atoms with Gasteiger partial charge in [-0.05, 0) is 107 Å². The number of hydrogen-bond donors (Lipinski definition) is 5. The van der Waals surface area contributed by atoms with Crippen LogP contribution in [0.1, 0.15) is 112 Å². The molecule has 8 rings (SSSR count). The quantitative estimate of drug-likeness (QED) is 0.176. The zero-order chi connectivity index (χ0) is 41.5. The monoisotopic (exact) mass is 822 g/mol. The van der Waals surface area contributed by atoms with Crippen molar-refractivity contribution in [1.82, 2.24) is 0 Å². The average molecular weight is 823 g/mol. The maximum atomic E-state index is 12.6. The molecule has 21 atom stereocenters. The molecule has 15 nitrogen and oxygen atoms in total. The molecule has 328 valence electrons. The van der Waals surface area contributed by atoms with Crippen molar-refractivity contribution in [2.45, 2.75) is 204 Å². The third-order valence-corrected chi connectivity index (χ3v) is 16.2. The van der Waals surface area contributed by atoms with E-state index in [1.165, 1.54) is 6.92 Å². The number of carbonyl (C=O) groups excluding carboxylic acids is 2. The first kappa shape index (κ1) is 42.9. The molecule has 0 radical (unpaired) electrons. The van der Waals surface area contributed by atoms with Crippen LogP contribution in [0.15, 0.2) is 11.6 Å². The molecule has 0 aromatic heterocycles. The number of hydrogen-bond acceptors (Lipinski definition) is 15. The van der Waals surface area contributed by atoms with Crippen LogP contribution in [0.3, 0.4) is 0 Å². The summed E-state index contributed by atoms with van der Waals surface area (Å²) in [7, 11) is 0. The van der Waals surface area contributed by atoms with E-state index in [1.54, 1.807) is 19.9 Å². The van der Waals surface area contributed by atoms with Crippen molar-refractivity contribution in [3.63, 3.8) is 0 Å². The molecule has 15 heteroatoms. The number of aliphatic hydroxyl groups is 5. The summed E-state index contributed by atoms with van der Waals surface area (Å²) in [6.07, 6.45) is -1.64. The predicted octanol–water partition coefficient (Wildman–Crippen LogP) is 2.79. The maximum absolute atomic E-state index is 12.6. The lowest BCUT2D eigenvalue weighted by Gasteiger charge is -2.65. The lowest BCUT2D eigenvalue weighted by atomic mass is 9.42. The Hall–Kier alpha value is -1.76. The van der Waals surface area contributed by atoms with Crippen LogP contribution in [0.25, 0.3) is 0 Å². The van der Waals surface area contributed by atoms with Crippen LogP contribution in [0.4, 0.5) is 0 Å². The van der Waals surface area contributed by atoms with Crippen LogP contribution in [0.2, 0.25) is 0 Å². The summed E-state index contributed by atoms with van der Waals surface area (Å²) in [6, 6.07) is 0. The number of fused-ring (bicyclic) bond motifs is 5. The van der Waals surface area contributed by atoms with Gasteiger partial charge in [0.2, 0.25) is 0 Å². The number of carbonyl (C=O) groups is 2. The molecule has 0 amide bonds. The van der Waals surface area contributed by atoms with Crippen molar-refractivity contribution in [3.8, 4) is 0 Å². The Balaban J connectivity index is 0.823. The number of esters is 2. The van der Waals surface area contributed by atoms with Gasteiger partial charge in [0.1, 0.15) is 18.8 Å². The van der Waals surface area contributed by atoms with E-state index >= 15 is 0 Å². The van der Waals surface area contributed by atoms with Gasteiger partial charge in [-0.1, -0.05) is 13.8 Å². The molecule has 4 saturated carbocycles. The predicted molar refractivity (Wildman–Crippen MR) is 202 cm³/mol. The van der Waals surface area contributed by atoms with Gasteiger partial charge in [0.15, 0.2) is 25.0 Å². The van der Waals surface area contributed by atoms with Gasteiger partial charge in [-0.3, -0.25) is 4.79 Å². The van der Waals surface area contributed by atoms with Crippen LogP contribution in [-0.2, 0) is 47.5 Å². The first-order valence-electron chi connectivity index (χ1n) is 21.8. The molecule has 4 aliphatic carbocycles. The molecule has 0 unspecified atom stereocenters. The Bertz CT molecular complexity index is 1520. The Labute approximate surface area is 341 Å². The van der Waals surface area contributed by atoms with Gasteiger partial charge in [-0.2, -0.15) is 0 Å². The van der Waals surface area contributed by atoms with E-state index in [0.29, 0.717) is 18.8 Å². The van der Waals surface area contributed by atoms with Crippen LogP contribution in [0, 0.1) is 34.5 Å². The van der Waals surface area contributed by atoms with Gasteiger partial charge in [-0.25, -0.2) is 4.79 Å². The molecule has 4 heterocycles. The van der Waals surface area contributed by atoms with Crippen LogP contribution < -0.4 is 0 Å². The van der Waals surface area contributed by atoms with Crippen molar-refractivity contribution in [1.29, 1.82) is 0 Å². The van der Waals surface area contributed by atoms with E-state index in [2.05, 4.69) is 6.92 Å². The lowest BCUT2D eigenvalue weighted by molar-refractivity contribution is -0.336. The highest BCUT2D eigenvalue weighted by atomic mass is 16.7. The second-order valence-corrected chi connectivity index (χ2v) is 19.4. The van der Waals surface area contributed by atoms with Crippen LogP contribution in [-0.4, -0.2) is 136 Å². The molecule has 7 fully saturated rings. The minimum absolute atomic E-state index is 0.0551. The maximum Gasteiger partial charge on any atom is 0.331 e. The largest absolute Gasteiger partial charge is 0.458 e. The van der Waals surface area contributed by atoms with Crippen molar-refractivity contribution in [2.75, 3.05) is 6.61 Å². The summed E-state index contributed by atoms with van der Waals surface area (Å²) in [4.78, 5) is 23.4. The molecule has 5 N–H and O–H groups in total. The van der Waals surface area contributed by atoms with Gasteiger partial charge >= 0.3 is 11.9 Å². The summed E-state index contributed by atoms with van der Waals surface area (Å²) in [6.45, 7) is 11.2. The third kappa shape index (κ3) is 7.49. The Morgan fingerprint density at radius 3 is 1.83 bits per heavy atom. The topological polar surface area (TPSA) is 209 Å². The Kier molecular flexibility index (Phi) is 12.0. The molecule has 0 aromatic rings. The van der Waals surface area contributed by atoms with Gasteiger partial charge < -0.3 is 63.4 Å². The zero-order valence-corrected chi connectivity index (χ0v) is 34.8. The molecule has 58 heavy (non-hydrogen) atoms. The van der Waals surface area contributed by atoms with Crippen molar-refractivity contribution < 1.29 is 73.0 Å². The van der Waals surface area contributed by atoms with Crippen molar-refractivity contribution >= 4 is 11.9 Å². The molecule has 4 aliphatic heterocycles. The minimum Gasteiger partial charge on any atom is -0.458 e. The fourth-order valence-electron chi connectivity index (χ4n) is 13.1. The summed E-state index contributed by atoms with van der Waals surface area (Å²) < 4.78 is 47.6. The molecular formula is C43H66O15. The smallest absolute Gasteiger partial charge is 0.331 e. The molecule has 0 bridgehead atoms. The average Bonchev–Trinajstić information content (AvgIpc) is 3.70. The van der Waals surface area contributed by atoms with E-state index in [1.807, 2.05) is 13.8 Å². The van der Waals surface area contributed by atoms with Gasteiger partial charge in [0.25, 0.3) is 0 Å². The summed E-state index contributed by atoms with van der Waals surface area (Å²) >= 11 is 0. The second kappa shape index (κ2) is 16.2. The minimum atomic E-state index is -1.02. The highest BCUT2D eigenvalue weighted by molar-refractivity contribution is 5.85. The highest BCUT2D eigenvalue weighted by Crippen LogP contribution is 2.70. The molecule has 3 saturated heterocycles. The Morgan fingerprint density at radius 1 is 0.724 bits per heavy atom. The lowest BCUT2D eigenvalue weighted by Crippen LogP contribution is -2.67. The SMILES string of the molecule is CC(=O)O[C@H]1[C@@H](O)C[C@@H](O[C@H]2[C@@H](O)C[C@H](O[C@H]3[C@@H](O)C[C@H](O[C@H]4CC[C@@]5(C)[C@H](CC[C@@H]6[C@@H]5C[C@@H](O)[C@]5(C)[C@@H](C7=CC(=O)OC7)CC[C@]65O)C4)O[C@@H]3C)O[C@@H]2C)O[C@@H]1C. The number of ether oxygens (including phenoxy) is 8. The molecule has 0 aromatic carbocycles. The second-order valence-electron chi connectivity index (χ2n) is 19.4. The fourth-order valence-corrected chi connectivity index (χ4v) is 13.1. The fraction of sp³-hybridized carbons (Fsp3) is 0.907. The van der Waals surface area contributed by atoms with Gasteiger partial charge in [-0.15, -0.1) is 0 Å².